The van der Waals surface area contributed by atoms with E-state index in [2.05, 4.69) is 5.10 Å². The zero-order chi connectivity index (χ0) is 12.0. The number of aryl methyl sites for hydroxylation is 1. The molecule has 90 valence electrons. The minimum Gasteiger partial charge on any atom is -0.346 e. The van der Waals surface area contributed by atoms with Gasteiger partial charge in [-0.25, -0.2) is 0 Å². The lowest BCUT2D eigenvalue weighted by atomic mass is 10.2. The highest BCUT2D eigenvalue weighted by Crippen LogP contribution is 2.07. The van der Waals surface area contributed by atoms with Crippen molar-refractivity contribution in [1.29, 1.82) is 0 Å². The maximum absolute atomic E-state index is 12.0. The fourth-order valence-corrected chi connectivity index (χ4v) is 1.30. The maximum Gasteiger partial charge on any atom is 0.222 e. The summed E-state index contributed by atoms with van der Waals surface area (Å²) in [5.41, 5.74) is 0.522. The average molecular weight is 226 g/mol. The number of Topliss-reactive ketones (excluding diaryl/α,β-unsaturated/α-hetero) is 1. The van der Waals surface area contributed by atoms with Gasteiger partial charge in [-0.2, -0.15) is 5.10 Å². The number of hydrogen-bond donors (Lipinski definition) is 0. The number of hydrogen-bond acceptors (Lipinski definition) is 4. The molecule has 0 aromatic carbocycles. The van der Waals surface area contributed by atoms with Crippen LogP contribution in [0.25, 0.3) is 0 Å². The molecule has 0 N–H and O–H groups in total. The third-order valence-corrected chi connectivity index (χ3v) is 2.09. The highest BCUT2D eigenvalue weighted by molar-refractivity contribution is 5.98. The van der Waals surface area contributed by atoms with Crippen LogP contribution < -0.4 is 0 Å². The zero-order valence-corrected chi connectivity index (χ0v) is 9.97. The molecule has 0 atom stereocenters. The van der Waals surface area contributed by atoms with Crippen LogP contribution in [0.2, 0.25) is 0 Å². The first-order valence-electron chi connectivity index (χ1n) is 5.52. The normalized spacial score (nSPS) is 11.0. The second kappa shape index (κ2) is 6.40. The Balaban J connectivity index is 2.72. The van der Waals surface area contributed by atoms with Crippen molar-refractivity contribution in [1.82, 2.24) is 9.78 Å². The lowest BCUT2D eigenvalue weighted by Gasteiger charge is -2.14. The highest BCUT2D eigenvalue weighted by atomic mass is 16.7. The molecule has 1 rings (SSSR count). The summed E-state index contributed by atoms with van der Waals surface area (Å²) in [5, 5.41) is 4.04. The molecule has 0 radical (unpaired) electrons. The van der Waals surface area contributed by atoms with Crippen molar-refractivity contribution in [3.8, 4) is 0 Å². The number of aromatic nitrogens is 2. The van der Waals surface area contributed by atoms with Crippen molar-refractivity contribution >= 4 is 5.78 Å². The standard InChI is InChI=1S/C11H18N2O3/c1-4-13-8-9(7-12-13)10(14)11(15-5-2)16-6-3/h7-8,11H,4-6H2,1-3H3. The lowest BCUT2D eigenvalue weighted by Crippen LogP contribution is -2.27. The van der Waals surface area contributed by atoms with Crippen molar-refractivity contribution in [3.63, 3.8) is 0 Å². The summed E-state index contributed by atoms with van der Waals surface area (Å²) in [7, 11) is 0. The minimum atomic E-state index is -0.815. The van der Waals surface area contributed by atoms with Crippen LogP contribution in [0.4, 0.5) is 0 Å². The Morgan fingerprint density at radius 1 is 1.38 bits per heavy atom. The Bertz CT molecular complexity index is 330. The molecule has 0 fully saturated rings. The predicted molar refractivity (Wildman–Crippen MR) is 59.3 cm³/mol. The molecule has 0 amide bonds. The molecule has 16 heavy (non-hydrogen) atoms. The first-order valence-corrected chi connectivity index (χ1v) is 5.52. The van der Waals surface area contributed by atoms with Crippen LogP contribution in [0.15, 0.2) is 12.4 Å². The van der Waals surface area contributed by atoms with Crippen LogP contribution in [-0.4, -0.2) is 35.1 Å². The van der Waals surface area contributed by atoms with Crippen LogP contribution in [0.5, 0.6) is 0 Å². The topological polar surface area (TPSA) is 53.4 Å². The smallest absolute Gasteiger partial charge is 0.222 e. The first-order chi connectivity index (χ1) is 7.72. The summed E-state index contributed by atoms with van der Waals surface area (Å²) in [6, 6.07) is 0. The van der Waals surface area contributed by atoms with Crippen molar-refractivity contribution in [2.45, 2.75) is 33.6 Å². The van der Waals surface area contributed by atoms with Gasteiger partial charge in [0, 0.05) is 26.0 Å². The number of rotatable bonds is 7. The SMILES string of the molecule is CCOC(OCC)C(=O)c1cnn(CC)c1. The van der Waals surface area contributed by atoms with E-state index in [4.69, 9.17) is 9.47 Å². The van der Waals surface area contributed by atoms with Gasteiger partial charge < -0.3 is 9.47 Å². The van der Waals surface area contributed by atoms with Gasteiger partial charge >= 0.3 is 0 Å². The molecule has 0 unspecified atom stereocenters. The maximum atomic E-state index is 12.0. The van der Waals surface area contributed by atoms with E-state index in [1.165, 1.54) is 6.20 Å². The molecule has 0 aliphatic carbocycles. The Morgan fingerprint density at radius 2 is 2.00 bits per heavy atom. The molecule has 1 aromatic rings. The van der Waals surface area contributed by atoms with Crippen molar-refractivity contribution < 1.29 is 14.3 Å². The van der Waals surface area contributed by atoms with Gasteiger partial charge in [0.2, 0.25) is 12.1 Å². The third kappa shape index (κ3) is 3.15. The number of carbonyl (C=O) groups excluding carboxylic acids is 1. The van der Waals surface area contributed by atoms with E-state index in [9.17, 15) is 4.79 Å². The molecule has 0 saturated heterocycles. The van der Waals surface area contributed by atoms with E-state index in [-0.39, 0.29) is 5.78 Å². The van der Waals surface area contributed by atoms with Gasteiger partial charge in [-0.1, -0.05) is 0 Å². The van der Waals surface area contributed by atoms with Crippen LogP contribution in [0.3, 0.4) is 0 Å². The second-order valence-electron chi connectivity index (χ2n) is 3.19. The fraction of sp³-hybridized carbons (Fsp3) is 0.636. The van der Waals surface area contributed by atoms with Gasteiger partial charge in [0.25, 0.3) is 0 Å². The Morgan fingerprint density at radius 3 is 2.44 bits per heavy atom. The van der Waals surface area contributed by atoms with Crippen LogP contribution in [-0.2, 0) is 16.0 Å². The van der Waals surface area contributed by atoms with Gasteiger partial charge in [-0.05, 0) is 20.8 Å². The summed E-state index contributed by atoms with van der Waals surface area (Å²) < 4.78 is 12.2. The quantitative estimate of drug-likeness (QED) is 0.522. The van der Waals surface area contributed by atoms with E-state index >= 15 is 0 Å². The number of carbonyl (C=O) groups is 1. The molecule has 0 spiro atoms. The summed E-state index contributed by atoms with van der Waals surface area (Å²) >= 11 is 0. The number of ketones is 1. The van der Waals surface area contributed by atoms with E-state index in [0.717, 1.165) is 6.54 Å². The summed E-state index contributed by atoms with van der Waals surface area (Å²) in [6.45, 7) is 7.24. The van der Waals surface area contributed by atoms with Crippen LogP contribution in [0, 0.1) is 0 Å². The van der Waals surface area contributed by atoms with E-state index < -0.39 is 6.29 Å². The first kappa shape index (κ1) is 12.9. The van der Waals surface area contributed by atoms with E-state index in [0.29, 0.717) is 18.8 Å². The van der Waals surface area contributed by atoms with Gasteiger partial charge in [0.15, 0.2) is 0 Å². The molecule has 5 heteroatoms. The van der Waals surface area contributed by atoms with Gasteiger partial charge in [0.05, 0.1) is 11.8 Å². The fourth-order valence-electron chi connectivity index (χ4n) is 1.30. The largest absolute Gasteiger partial charge is 0.346 e. The van der Waals surface area contributed by atoms with E-state index in [1.54, 1.807) is 10.9 Å². The van der Waals surface area contributed by atoms with E-state index in [1.807, 2.05) is 20.8 Å². The molecule has 5 nitrogen and oxygen atoms in total. The summed E-state index contributed by atoms with van der Waals surface area (Å²) in [6.07, 6.45) is 2.43. The Labute approximate surface area is 95.3 Å². The predicted octanol–water partition coefficient (Wildman–Crippen LogP) is 1.48. The number of nitrogens with zero attached hydrogens (tertiary/aromatic N) is 2. The van der Waals surface area contributed by atoms with Crippen LogP contribution in [0.1, 0.15) is 31.1 Å². The zero-order valence-electron chi connectivity index (χ0n) is 9.97. The Kier molecular flexibility index (Phi) is 5.14. The molecular weight excluding hydrogens is 208 g/mol. The number of ether oxygens (including phenoxy) is 2. The molecule has 0 saturated carbocycles. The second-order valence-corrected chi connectivity index (χ2v) is 3.19. The molecule has 0 aliphatic rings. The highest BCUT2D eigenvalue weighted by Gasteiger charge is 2.21. The molecule has 1 heterocycles. The molecule has 0 bridgehead atoms. The third-order valence-electron chi connectivity index (χ3n) is 2.09. The van der Waals surface area contributed by atoms with Crippen LogP contribution >= 0.6 is 0 Å². The van der Waals surface area contributed by atoms with Gasteiger partial charge in [-0.3, -0.25) is 9.48 Å². The monoisotopic (exact) mass is 226 g/mol. The van der Waals surface area contributed by atoms with Crippen molar-refractivity contribution in [2.24, 2.45) is 0 Å². The van der Waals surface area contributed by atoms with Crippen molar-refractivity contribution in [2.75, 3.05) is 13.2 Å². The summed E-state index contributed by atoms with van der Waals surface area (Å²) in [4.78, 5) is 12.0. The van der Waals surface area contributed by atoms with Crippen molar-refractivity contribution in [3.05, 3.63) is 18.0 Å². The molecule has 1 aromatic heterocycles. The molecule has 0 aliphatic heterocycles. The van der Waals surface area contributed by atoms with Gasteiger partial charge in [0.1, 0.15) is 0 Å². The minimum absolute atomic E-state index is 0.177. The average Bonchev–Trinajstić information content (AvgIpc) is 2.76. The Hall–Kier alpha value is -1.20. The van der Waals surface area contributed by atoms with Gasteiger partial charge in [-0.15, -0.1) is 0 Å². The lowest BCUT2D eigenvalue weighted by molar-refractivity contribution is -0.107. The molecular formula is C11H18N2O3. The summed E-state index contributed by atoms with van der Waals surface area (Å²) in [5.74, 6) is -0.177.